The first-order valence-corrected chi connectivity index (χ1v) is 9.71. The standard InChI is InChI=1S/C22H32N4O2/c1-17(2)28-21-10-8-20(9-11-21)18(3)24-22(27)26(14-13-25(4)5)16-19-7-6-12-23-15-19/h6-12,15,17-18H,13-14,16H2,1-5H3,(H,24,27). The number of amides is 2. The number of hydrogen-bond donors (Lipinski definition) is 1. The van der Waals surface area contributed by atoms with Crippen LogP contribution in [0.1, 0.15) is 37.9 Å². The predicted molar refractivity (Wildman–Crippen MR) is 112 cm³/mol. The maximum atomic E-state index is 12.9. The number of likely N-dealkylation sites (N-methyl/N-ethyl adjacent to an activating group) is 1. The van der Waals surface area contributed by atoms with Gasteiger partial charge in [-0.15, -0.1) is 0 Å². The highest BCUT2D eigenvalue weighted by Gasteiger charge is 2.17. The molecular formula is C22H32N4O2. The van der Waals surface area contributed by atoms with Gasteiger partial charge in [0.2, 0.25) is 0 Å². The Labute approximate surface area is 168 Å². The van der Waals surface area contributed by atoms with E-state index in [0.29, 0.717) is 13.1 Å². The molecule has 1 unspecified atom stereocenters. The van der Waals surface area contributed by atoms with Crippen LogP contribution in [0.2, 0.25) is 0 Å². The Hall–Kier alpha value is -2.60. The lowest BCUT2D eigenvalue weighted by Crippen LogP contribution is -2.43. The van der Waals surface area contributed by atoms with Crippen LogP contribution < -0.4 is 10.1 Å². The van der Waals surface area contributed by atoms with Gasteiger partial charge in [-0.25, -0.2) is 4.79 Å². The molecule has 152 valence electrons. The Morgan fingerprint density at radius 2 is 1.82 bits per heavy atom. The molecule has 0 aliphatic rings. The van der Waals surface area contributed by atoms with Gasteiger partial charge in [0, 0.05) is 32.0 Å². The molecule has 2 amide bonds. The Morgan fingerprint density at radius 1 is 1.11 bits per heavy atom. The molecule has 0 saturated heterocycles. The van der Waals surface area contributed by atoms with Crippen molar-refractivity contribution in [3.05, 3.63) is 59.9 Å². The Kier molecular flexibility index (Phi) is 8.26. The molecule has 0 radical (unpaired) electrons. The van der Waals surface area contributed by atoms with Crippen molar-refractivity contribution < 1.29 is 9.53 Å². The largest absolute Gasteiger partial charge is 0.491 e. The minimum atomic E-state index is -0.101. The topological polar surface area (TPSA) is 57.7 Å². The molecule has 1 aromatic heterocycles. The molecule has 0 bridgehead atoms. The van der Waals surface area contributed by atoms with Gasteiger partial charge in [0.25, 0.3) is 0 Å². The summed E-state index contributed by atoms with van der Waals surface area (Å²) in [4.78, 5) is 20.9. The molecule has 1 aromatic carbocycles. The lowest BCUT2D eigenvalue weighted by atomic mass is 10.1. The summed E-state index contributed by atoms with van der Waals surface area (Å²) in [6, 6.07) is 11.6. The monoisotopic (exact) mass is 384 g/mol. The van der Waals surface area contributed by atoms with E-state index in [1.54, 1.807) is 12.4 Å². The number of nitrogens with zero attached hydrogens (tertiary/aromatic N) is 3. The molecule has 0 spiro atoms. The van der Waals surface area contributed by atoms with E-state index in [1.807, 2.05) is 76.2 Å². The zero-order chi connectivity index (χ0) is 20.5. The van der Waals surface area contributed by atoms with E-state index in [9.17, 15) is 4.79 Å². The molecular weight excluding hydrogens is 352 g/mol. The van der Waals surface area contributed by atoms with E-state index in [0.717, 1.165) is 23.4 Å². The fourth-order valence-corrected chi connectivity index (χ4v) is 2.75. The summed E-state index contributed by atoms with van der Waals surface area (Å²) in [5, 5.41) is 3.11. The van der Waals surface area contributed by atoms with Gasteiger partial charge in [0.15, 0.2) is 0 Å². The summed E-state index contributed by atoms with van der Waals surface area (Å²) >= 11 is 0. The highest BCUT2D eigenvalue weighted by molar-refractivity contribution is 5.74. The summed E-state index contributed by atoms with van der Waals surface area (Å²) in [6.07, 6.45) is 3.68. The number of ether oxygens (including phenoxy) is 1. The number of pyridine rings is 1. The summed E-state index contributed by atoms with van der Waals surface area (Å²) in [6.45, 7) is 7.96. The third kappa shape index (κ3) is 7.19. The zero-order valence-electron chi connectivity index (χ0n) is 17.6. The molecule has 6 nitrogen and oxygen atoms in total. The summed E-state index contributed by atoms with van der Waals surface area (Å²) in [7, 11) is 4.01. The lowest BCUT2D eigenvalue weighted by Gasteiger charge is -2.27. The molecule has 2 rings (SSSR count). The van der Waals surface area contributed by atoms with Crippen molar-refractivity contribution in [3.8, 4) is 5.75 Å². The molecule has 1 N–H and O–H groups in total. The molecule has 0 fully saturated rings. The van der Waals surface area contributed by atoms with Crippen LogP contribution in [-0.4, -0.2) is 54.1 Å². The Balaban J connectivity index is 2.02. The smallest absolute Gasteiger partial charge is 0.318 e. The number of rotatable bonds is 9. The van der Waals surface area contributed by atoms with E-state index >= 15 is 0 Å². The van der Waals surface area contributed by atoms with Crippen LogP contribution in [0, 0.1) is 0 Å². The van der Waals surface area contributed by atoms with Crippen molar-refractivity contribution in [2.24, 2.45) is 0 Å². The first-order valence-electron chi connectivity index (χ1n) is 9.71. The van der Waals surface area contributed by atoms with Crippen LogP contribution in [0.15, 0.2) is 48.8 Å². The first-order chi connectivity index (χ1) is 13.3. The third-order valence-corrected chi connectivity index (χ3v) is 4.29. The first kappa shape index (κ1) is 21.7. The van der Waals surface area contributed by atoms with Gasteiger partial charge in [0.05, 0.1) is 12.1 Å². The Morgan fingerprint density at radius 3 is 2.39 bits per heavy atom. The molecule has 1 heterocycles. The van der Waals surface area contributed by atoms with E-state index < -0.39 is 0 Å². The lowest BCUT2D eigenvalue weighted by molar-refractivity contribution is 0.185. The van der Waals surface area contributed by atoms with Gasteiger partial charge in [-0.1, -0.05) is 18.2 Å². The van der Waals surface area contributed by atoms with Crippen LogP contribution in [0.25, 0.3) is 0 Å². The van der Waals surface area contributed by atoms with Crippen molar-refractivity contribution in [1.29, 1.82) is 0 Å². The summed E-state index contributed by atoms with van der Waals surface area (Å²) < 4.78 is 5.68. The third-order valence-electron chi connectivity index (χ3n) is 4.29. The predicted octanol–water partition coefficient (Wildman–Crippen LogP) is 3.70. The second-order valence-electron chi connectivity index (χ2n) is 7.49. The molecule has 1 atom stereocenters. The number of benzene rings is 1. The maximum Gasteiger partial charge on any atom is 0.318 e. The average Bonchev–Trinajstić information content (AvgIpc) is 2.65. The second-order valence-corrected chi connectivity index (χ2v) is 7.49. The highest BCUT2D eigenvalue weighted by Crippen LogP contribution is 2.19. The summed E-state index contributed by atoms with van der Waals surface area (Å²) in [5.41, 5.74) is 2.05. The van der Waals surface area contributed by atoms with E-state index in [4.69, 9.17) is 4.74 Å². The van der Waals surface area contributed by atoms with Crippen LogP contribution in [-0.2, 0) is 6.54 Å². The van der Waals surface area contributed by atoms with Gasteiger partial charge in [-0.05, 0) is 64.2 Å². The molecule has 0 aliphatic carbocycles. The average molecular weight is 385 g/mol. The second kappa shape index (κ2) is 10.7. The molecule has 2 aromatic rings. The van der Waals surface area contributed by atoms with Crippen molar-refractivity contribution in [2.75, 3.05) is 27.2 Å². The van der Waals surface area contributed by atoms with E-state index in [-0.39, 0.29) is 18.2 Å². The Bertz CT molecular complexity index is 717. The number of nitrogens with one attached hydrogen (secondary N) is 1. The van der Waals surface area contributed by atoms with Crippen molar-refractivity contribution in [2.45, 2.75) is 39.5 Å². The maximum absolute atomic E-state index is 12.9. The normalized spacial score (nSPS) is 12.1. The molecule has 6 heteroatoms. The van der Waals surface area contributed by atoms with E-state index in [1.165, 1.54) is 0 Å². The highest BCUT2D eigenvalue weighted by atomic mass is 16.5. The van der Waals surface area contributed by atoms with Crippen LogP contribution in [0.4, 0.5) is 4.79 Å². The fourth-order valence-electron chi connectivity index (χ4n) is 2.75. The number of carbonyl (C=O) groups excluding carboxylic acids is 1. The molecule has 0 saturated carbocycles. The quantitative estimate of drug-likeness (QED) is 0.716. The minimum absolute atomic E-state index is 0.0827. The zero-order valence-corrected chi connectivity index (χ0v) is 17.6. The number of aromatic nitrogens is 1. The van der Waals surface area contributed by atoms with Crippen LogP contribution in [0.3, 0.4) is 0 Å². The summed E-state index contributed by atoms with van der Waals surface area (Å²) in [5.74, 6) is 0.835. The van der Waals surface area contributed by atoms with Gasteiger partial charge >= 0.3 is 6.03 Å². The van der Waals surface area contributed by atoms with Gasteiger partial charge in [0.1, 0.15) is 5.75 Å². The SMILES string of the molecule is CC(C)Oc1ccc(C(C)NC(=O)N(CCN(C)C)Cc2cccnc2)cc1. The van der Waals surface area contributed by atoms with E-state index in [2.05, 4.69) is 15.2 Å². The van der Waals surface area contributed by atoms with Crippen molar-refractivity contribution >= 4 is 6.03 Å². The molecule has 28 heavy (non-hydrogen) atoms. The van der Waals surface area contributed by atoms with Crippen molar-refractivity contribution in [3.63, 3.8) is 0 Å². The van der Waals surface area contributed by atoms with Gasteiger partial charge < -0.3 is 19.9 Å². The van der Waals surface area contributed by atoms with Crippen LogP contribution >= 0.6 is 0 Å². The van der Waals surface area contributed by atoms with Crippen molar-refractivity contribution in [1.82, 2.24) is 20.1 Å². The van der Waals surface area contributed by atoms with Crippen LogP contribution in [0.5, 0.6) is 5.75 Å². The molecule has 0 aliphatic heterocycles. The number of hydrogen-bond acceptors (Lipinski definition) is 4. The minimum Gasteiger partial charge on any atom is -0.491 e. The number of carbonyl (C=O) groups is 1. The fraction of sp³-hybridized carbons (Fsp3) is 0.455. The van der Waals surface area contributed by atoms with Gasteiger partial charge in [-0.3, -0.25) is 4.98 Å². The van der Waals surface area contributed by atoms with Gasteiger partial charge in [-0.2, -0.15) is 0 Å². The number of urea groups is 1.